The zero-order valence-electron chi connectivity index (χ0n) is 14.4. The molecule has 0 aromatic heterocycles. The largest absolute Gasteiger partial charge is 0.496 e. The second-order valence-electron chi connectivity index (χ2n) is 5.52. The molecule has 0 heterocycles. The summed E-state index contributed by atoms with van der Waals surface area (Å²) in [6, 6.07) is 8.73. The van der Waals surface area contributed by atoms with E-state index in [-0.39, 0.29) is 5.91 Å². The molecule has 1 N–H and O–H groups in total. The molecule has 2 rings (SSSR count). The number of nitrogens with one attached hydrogen (secondary N) is 1. The lowest BCUT2D eigenvalue weighted by atomic mass is 10.1. The number of carbonyl (C=O) groups is 1. The highest BCUT2D eigenvalue weighted by Gasteiger charge is 2.15. The van der Waals surface area contributed by atoms with Gasteiger partial charge in [-0.2, -0.15) is 0 Å². The monoisotopic (exact) mass is 348 g/mol. The summed E-state index contributed by atoms with van der Waals surface area (Å²) < 4.78 is 10.6. The number of hydrogen-bond acceptors (Lipinski definition) is 4. The van der Waals surface area contributed by atoms with Crippen LogP contribution in [0.5, 0.6) is 11.5 Å². The van der Waals surface area contributed by atoms with Crippen LogP contribution in [0.4, 0.5) is 11.4 Å². The van der Waals surface area contributed by atoms with Crippen molar-refractivity contribution in [3.05, 3.63) is 46.5 Å². The molecule has 24 heavy (non-hydrogen) atoms. The van der Waals surface area contributed by atoms with Crippen molar-refractivity contribution in [3.63, 3.8) is 0 Å². The van der Waals surface area contributed by atoms with E-state index in [1.165, 1.54) is 0 Å². The molecule has 0 unspecified atom stereocenters. The van der Waals surface area contributed by atoms with Gasteiger partial charge in [0.25, 0.3) is 5.91 Å². The molecule has 0 saturated carbocycles. The van der Waals surface area contributed by atoms with E-state index in [1.54, 1.807) is 38.5 Å². The third-order valence-electron chi connectivity index (χ3n) is 3.70. The van der Waals surface area contributed by atoms with Gasteiger partial charge in [0.15, 0.2) is 0 Å². The van der Waals surface area contributed by atoms with Gasteiger partial charge in [-0.15, -0.1) is 0 Å². The Balaban J connectivity index is 2.39. The lowest BCUT2D eigenvalue weighted by Gasteiger charge is -2.19. The lowest BCUT2D eigenvalue weighted by Crippen LogP contribution is -2.17. The van der Waals surface area contributed by atoms with E-state index < -0.39 is 0 Å². The average Bonchev–Trinajstić information content (AvgIpc) is 2.54. The fourth-order valence-electron chi connectivity index (χ4n) is 2.41. The van der Waals surface area contributed by atoms with Crippen LogP contribution in [0.3, 0.4) is 0 Å². The normalized spacial score (nSPS) is 10.2. The van der Waals surface area contributed by atoms with Crippen molar-refractivity contribution in [3.8, 4) is 11.5 Å². The molecule has 0 spiro atoms. The summed E-state index contributed by atoms with van der Waals surface area (Å²) >= 11 is 6.06. The number of methoxy groups -OCH3 is 2. The second-order valence-corrected chi connectivity index (χ2v) is 5.95. The minimum Gasteiger partial charge on any atom is -0.496 e. The van der Waals surface area contributed by atoms with Gasteiger partial charge in [0.2, 0.25) is 0 Å². The Morgan fingerprint density at radius 2 is 1.67 bits per heavy atom. The van der Waals surface area contributed by atoms with Gasteiger partial charge in [-0.1, -0.05) is 11.6 Å². The Bertz CT molecular complexity index is 735. The maximum Gasteiger partial charge on any atom is 0.255 e. The maximum atomic E-state index is 12.7. The first kappa shape index (κ1) is 17.9. The van der Waals surface area contributed by atoms with Gasteiger partial charge in [-0.3, -0.25) is 4.79 Å². The Kier molecular flexibility index (Phi) is 5.57. The van der Waals surface area contributed by atoms with E-state index in [4.69, 9.17) is 21.1 Å². The number of halogens is 1. The van der Waals surface area contributed by atoms with Gasteiger partial charge in [0.05, 0.1) is 25.6 Å². The summed E-state index contributed by atoms with van der Waals surface area (Å²) in [5, 5.41) is 3.45. The molecule has 0 aliphatic rings. The summed E-state index contributed by atoms with van der Waals surface area (Å²) in [7, 11) is 6.92. The van der Waals surface area contributed by atoms with Crippen molar-refractivity contribution < 1.29 is 14.3 Å². The zero-order chi connectivity index (χ0) is 17.9. The molecule has 5 nitrogen and oxygen atoms in total. The summed E-state index contributed by atoms with van der Waals surface area (Å²) in [5.74, 6) is 0.925. The van der Waals surface area contributed by atoms with Crippen LogP contribution in [0.25, 0.3) is 0 Å². The van der Waals surface area contributed by atoms with E-state index in [2.05, 4.69) is 5.32 Å². The minimum atomic E-state index is -0.267. The highest BCUT2D eigenvalue weighted by Crippen LogP contribution is 2.31. The van der Waals surface area contributed by atoms with Gasteiger partial charge >= 0.3 is 0 Å². The number of amides is 1. The third kappa shape index (κ3) is 3.74. The van der Waals surface area contributed by atoms with Gasteiger partial charge in [0.1, 0.15) is 11.5 Å². The van der Waals surface area contributed by atoms with E-state index in [9.17, 15) is 4.79 Å². The molecule has 6 heteroatoms. The zero-order valence-corrected chi connectivity index (χ0v) is 15.2. The van der Waals surface area contributed by atoms with Crippen LogP contribution in [0.1, 0.15) is 15.9 Å². The number of nitrogens with zero attached hydrogens (tertiary/aromatic N) is 1. The van der Waals surface area contributed by atoms with Crippen LogP contribution in [0.2, 0.25) is 5.02 Å². The molecule has 0 saturated heterocycles. The first-order valence-corrected chi connectivity index (χ1v) is 7.76. The summed E-state index contributed by atoms with van der Waals surface area (Å²) in [5.41, 5.74) is 2.78. The highest BCUT2D eigenvalue weighted by molar-refractivity contribution is 6.31. The molecule has 0 atom stereocenters. The van der Waals surface area contributed by atoms with Crippen LogP contribution in [-0.4, -0.2) is 34.2 Å². The van der Waals surface area contributed by atoms with E-state index in [0.29, 0.717) is 27.8 Å². The Morgan fingerprint density at radius 1 is 1.08 bits per heavy atom. The topological polar surface area (TPSA) is 50.8 Å². The van der Waals surface area contributed by atoms with Gasteiger partial charge in [-0.25, -0.2) is 0 Å². The van der Waals surface area contributed by atoms with Crippen molar-refractivity contribution in [1.82, 2.24) is 0 Å². The molecule has 1 amide bonds. The molecular weight excluding hydrogens is 328 g/mol. The van der Waals surface area contributed by atoms with Crippen molar-refractivity contribution in [2.24, 2.45) is 0 Å². The second kappa shape index (κ2) is 7.45. The number of hydrogen-bond donors (Lipinski definition) is 1. The third-order valence-corrected chi connectivity index (χ3v) is 3.94. The standard InChI is InChI=1S/C18H21ClN2O3/c1-11-16(23-4)8-12(9-17(11)24-5)18(22)20-14-10-13(19)6-7-15(14)21(2)3/h6-10H,1-5H3,(H,20,22). The Morgan fingerprint density at radius 3 is 2.17 bits per heavy atom. The molecule has 2 aromatic carbocycles. The van der Waals surface area contributed by atoms with E-state index in [0.717, 1.165) is 11.3 Å². The number of ether oxygens (including phenoxy) is 2. The molecule has 0 bridgehead atoms. The van der Waals surface area contributed by atoms with Gasteiger partial charge in [-0.05, 0) is 37.3 Å². The van der Waals surface area contributed by atoms with Crippen LogP contribution < -0.4 is 19.7 Å². The Labute approximate surface area is 147 Å². The summed E-state index contributed by atoms with van der Waals surface area (Å²) in [6.45, 7) is 1.88. The average molecular weight is 349 g/mol. The summed E-state index contributed by atoms with van der Waals surface area (Å²) in [4.78, 5) is 14.6. The van der Waals surface area contributed by atoms with Crippen molar-refractivity contribution in [1.29, 1.82) is 0 Å². The molecule has 0 aliphatic carbocycles. The first-order chi connectivity index (χ1) is 11.4. The lowest BCUT2D eigenvalue weighted by molar-refractivity contribution is 0.102. The molecule has 0 fully saturated rings. The summed E-state index contributed by atoms with van der Waals surface area (Å²) in [6.07, 6.45) is 0. The fraction of sp³-hybridized carbons (Fsp3) is 0.278. The molecule has 2 aromatic rings. The molecule has 128 valence electrons. The highest BCUT2D eigenvalue weighted by atomic mass is 35.5. The Hall–Kier alpha value is -2.40. The van der Waals surface area contributed by atoms with Crippen molar-refractivity contribution in [2.75, 3.05) is 38.5 Å². The van der Waals surface area contributed by atoms with Crippen LogP contribution >= 0.6 is 11.6 Å². The van der Waals surface area contributed by atoms with Gasteiger partial charge < -0.3 is 19.7 Å². The number of carbonyl (C=O) groups excluding carboxylic acids is 1. The van der Waals surface area contributed by atoms with Gasteiger partial charge in [0, 0.05) is 30.2 Å². The fourth-order valence-corrected chi connectivity index (χ4v) is 2.58. The van der Waals surface area contributed by atoms with E-state index >= 15 is 0 Å². The van der Waals surface area contributed by atoms with Crippen molar-refractivity contribution in [2.45, 2.75) is 6.92 Å². The first-order valence-electron chi connectivity index (χ1n) is 7.38. The molecular formula is C18H21ClN2O3. The predicted octanol–water partition coefficient (Wildman–Crippen LogP) is 3.98. The van der Waals surface area contributed by atoms with E-state index in [1.807, 2.05) is 32.0 Å². The molecule has 0 radical (unpaired) electrons. The SMILES string of the molecule is COc1cc(C(=O)Nc2cc(Cl)ccc2N(C)C)cc(OC)c1C. The number of anilines is 2. The quantitative estimate of drug-likeness (QED) is 0.887. The molecule has 0 aliphatic heterocycles. The van der Waals surface area contributed by atoms with Crippen LogP contribution in [0.15, 0.2) is 30.3 Å². The van der Waals surface area contributed by atoms with Crippen molar-refractivity contribution >= 4 is 28.9 Å². The van der Waals surface area contributed by atoms with Crippen LogP contribution in [0, 0.1) is 6.92 Å². The minimum absolute atomic E-state index is 0.267. The maximum absolute atomic E-state index is 12.7. The predicted molar refractivity (Wildman–Crippen MR) is 98.0 cm³/mol. The number of rotatable bonds is 5. The number of benzene rings is 2. The smallest absolute Gasteiger partial charge is 0.255 e. The van der Waals surface area contributed by atoms with Crippen LogP contribution in [-0.2, 0) is 0 Å².